The minimum atomic E-state index is -3.95. The fourth-order valence-corrected chi connectivity index (χ4v) is 3.62. The Morgan fingerprint density at radius 3 is 2.48 bits per heavy atom. The summed E-state index contributed by atoms with van der Waals surface area (Å²) in [7, 11) is -2.53. The van der Waals surface area contributed by atoms with Gasteiger partial charge in [-0.3, -0.25) is 4.79 Å². The summed E-state index contributed by atoms with van der Waals surface area (Å²) in [6, 6.07) is 3.17. The van der Waals surface area contributed by atoms with Crippen molar-refractivity contribution >= 4 is 31.9 Å². The molecule has 0 amide bonds. The Bertz CT molecular complexity index is 615. The van der Waals surface area contributed by atoms with Gasteiger partial charge >= 0.3 is 5.97 Å². The molecule has 0 radical (unpaired) electrons. The highest BCUT2D eigenvalue weighted by atomic mass is 79.9. The number of aliphatic carboxylic acids is 1. The van der Waals surface area contributed by atoms with Gasteiger partial charge in [0.25, 0.3) is 0 Å². The second kappa shape index (κ2) is 7.24. The Kier molecular flexibility index (Phi) is 6.18. The first kappa shape index (κ1) is 17.9. The number of ether oxygens (including phenoxy) is 1. The minimum Gasteiger partial charge on any atom is -0.497 e. The Labute approximate surface area is 132 Å². The lowest BCUT2D eigenvalue weighted by molar-refractivity contribution is -0.139. The van der Waals surface area contributed by atoms with Gasteiger partial charge in [-0.15, -0.1) is 0 Å². The monoisotopic (exact) mass is 379 g/mol. The third kappa shape index (κ3) is 5.29. The molecule has 0 aliphatic rings. The van der Waals surface area contributed by atoms with E-state index in [0.717, 1.165) is 0 Å². The maximum absolute atomic E-state index is 12.3. The molecule has 21 heavy (non-hydrogen) atoms. The maximum Gasteiger partial charge on any atom is 0.321 e. The van der Waals surface area contributed by atoms with Gasteiger partial charge in [-0.05, 0) is 24.5 Å². The van der Waals surface area contributed by atoms with Gasteiger partial charge < -0.3 is 9.84 Å². The van der Waals surface area contributed by atoms with Crippen LogP contribution < -0.4 is 9.46 Å². The molecule has 1 aromatic carbocycles. The number of carbonyl (C=O) groups is 1. The molecule has 8 heteroatoms. The second-order valence-electron chi connectivity index (χ2n) is 4.97. The molecule has 0 unspecified atom stereocenters. The van der Waals surface area contributed by atoms with Crippen molar-refractivity contribution < 1.29 is 23.1 Å². The van der Waals surface area contributed by atoms with Crippen LogP contribution in [0.15, 0.2) is 27.6 Å². The number of halogens is 1. The first-order valence-corrected chi connectivity index (χ1v) is 8.53. The van der Waals surface area contributed by atoms with Gasteiger partial charge in [0, 0.05) is 10.5 Å². The van der Waals surface area contributed by atoms with Crippen LogP contribution in [-0.4, -0.2) is 32.6 Å². The number of carboxylic acids is 1. The number of rotatable bonds is 7. The van der Waals surface area contributed by atoms with Crippen molar-refractivity contribution in [1.29, 1.82) is 0 Å². The number of benzene rings is 1. The highest BCUT2D eigenvalue weighted by molar-refractivity contribution is 9.10. The Balaban J connectivity index is 3.10. The van der Waals surface area contributed by atoms with E-state index in [-0.39, 0.29) is 17.2 Å². The number of nitrogens with one attached hydrogen (secondary N) is 1. The topological polar surface area (TPSA) is 92.7 Å². The lowest BCUT2D eigenvalue weighted by atomic mass is 10.1. The van der Waals surface area contributed by atoms with Crippen LogP contribution in [-0.2, 0) is 14.8 Å². The van der Waals surface area contributed by atoms with Crippen LogP contribution in [0.4, 0.5) is 0 Å². The Hall–Kier alpha value is -1.12. The van der Waals surface area contributed by atoms with Crippen molar-refractivity contribution in [2.45, 2.75) is 31.2 Å². The number of methoxy groups -OCH3 is 1. The summed E-state index contributed by atoms with van der Waals surface area (Å²) in [5.74, 6) is -0.791. The molecule has 0 heterocycles. The normalized spacial score (nSPS) is 13.2. The van der Waals surface area contributed by atoms with Crippen molar-refractivity contribution in [3.8, 4) is 5.75 Å². The van der Waals surface area contributed by atoms with E-state index in [0.29, 0.717) is 10.2 Å². The predicted octanol–water partition coefficient (Wildman–Crippen LogP) is 2.24. The maximum atomic E-state index is 12.3. The largest absolute Gasteiger partial charge is 0.497 e. The van der Waals surface area contributed by atoms with Crippen molar-refractivity contribution in [3.05, 3.63) is 22.7 Å². The zero-order chi connectivity index (χ0) is 16.2. The molecule has 1 aromatic rings. The molecule has 0 bridgehead atoms. The van der Waals surface area contributed by atoms with E-state index in [1.165, 1.54) is 19.2 Å². The fourth-order valence-electron chi connectivity index (χ4n) is 1.74. The molecule has 0 spiro atoms. The van der Waals surface area contributed by atoms with Crippen LogP contribution in [0.1, 0.15) is 20.3 Å². The van der Waals surface area contributed by atoms with Gasteiger partial charge in [0.2, 0.25) is 10.0 Å². The molecule has 0 saturated heterocycles. The first-order chi connectivity index (χ1) is 9.65. The quantitative estimate of drug-likeness (QED) is 0.757. The summed E-state index contributed by atoms with van der Waals surface area (Å²) in [5, 5.41) is 9.13. The molecule has 0 aromatic heterocycles. The van der Waals surface area contributed by atoms with Crippen LogP contribution in [0.25, 0.3) is 0 Å². The molecule has 0 aliphatic carbocycles. The number of hydrogen-bond acceptors (Lipinski definition) is 4. The summed E-state index contributed by atoms with van der Waals surface area (Å²) in [6.45, 7) is 3.65. The average Bonchev–Trinajstić information content (AvgIpc) is 2.36. The minimum absolute atomic E-state index is 0.0471. The third-order valence-electron chi connectivity index (χ3n) is 2.69. The van der Waals surface area contributed by atoms with Crippen molar-refractivity contribution in [3.63, 3.8) is 0 Å². The van der Waals surface area contributed by atoms with Gasteiger partial charge in [0.15, 0.2) is 0 Å². The van der Waals surface area contributed by atoms with E-state index in [4.69, 9.17) is 9.84 Å². The molecule has 0 saturated carbocycles. The Morgan fingerprint density at radius 2 is 2.00 bits per heavy atom. The highest BCUT2D eigenvalue weighted by Crippen LogP contribution is 2.24. The van der Waals surface area contributed by atoms with Crippen LogP contribution in [0.2, 0.25) is 0 Å². The van der Waals surface area contributed by atoms with E-state index in [1.54, 1.807) is 6.07 Å². The highest BCUT2D eigenvalue weighted by Gasteiger charge is 2.26. The number of carboxylic acid groups (broad SMARTS) is 1. The number of sulfonamides is 1. The Morgan fingerprint density at radius 1 is 1.38 bits per heavy atom. The van der Waals surface area contributed by atoms with E-state index < -0.39 is 22.0 Å². The third-order valence-corrected chi connectivity index (χ3v) is 4.60. The van der Waals surface area contributed by atoms with Crippen LogP contribution >= 0.6 is 15.9 Å². The van der Waals surface area contributed by atoms with E-state index >= 15 is 0 Å². The predicted molar refractivity (Wildman–Crippen MR) is 81.9 cm³/mol. The molecular weight excluding hydrogens is 362 g/mol. The van der Waals surface area contributed by atoms with E-state index in [9.17, 15) is 13.2 Å². The zero-order valence-electron chi connectivity index (χ0n) is 12.0. The number of hydrogen-bond donors (Lipinski definition) is 2. The lowest BCUT2D eigenvalue weighted by Crippen LogP contribution is -2.41. The summed E-state index contributed by atoms with van der Waals surface area (Å²) in [4.78, 5) is 11.1. The van der Waals surface area contributed by atoms with Crippen LogP contribution in [0.3, 0.4) is 0 Å². The van der Waals surface area contributed by atoms with Crippen LogP contribution in [0, 0.1) is 5.92 Å². The van der Waals surface area contributed by atoms with Gasteiger partial charge in [-0.2, -0.15) is 4.72 Å². The fraction of sp³-hybridized carbons (Fsp3) is 0.462. The summed E-state index contributed by atoms with van der Waals surface area (Å²) in [6.07, 6.45) is 0.208. The van der Waals surface area contributed by atoms with E-state index in [2.05, 4.69) is 20.7 Å². The zero-order valence-corrected chi connectivity index (χ0v) is 14.4. The van der Waals surface area contributed by atoms with Crippen molar-refractivity contribution in [1.82, 2.24) is 4.72 Å². The van der Waals surface area contributed by atoms with Gasteiger partial charge in [0.05, 0.1) is 12.0 Å². The van der Waals surface area contributed by atoms with Gasteiger partial charge in [-0.25, -0.2) is 8.42 Å². The SMILES string of the molecule is COc1cc(Br)cc(S(=O)(=O)N[C@@H](CC(C)C)C(=O)O)c1. The molecule has 1 atom stereocenters. The summed E-state index contributed by atoms with van der Waals surface area (Å²) < 4.78 is 32.3. The molecule has 0 aliphatic heterocycles. The van der Waals surface area contributed by atoms with Crippen LogP contribution in [0.5, 0.6) is 5.75 Å². The summed E-state index contributed by atoms with van der Waals surface area (Å²) in [5.41, 5.74) is 0. The first-order valence-electron chi connectivity index (χ1n) is 6.25. The molecule has 2 N–H and O–H groups in total. The molecular formula is C13H18BrNO5S. The summed E-state index contributed by atoms with van der Waals surface area (Å²) >= 11 is 3.19. The van der Waals surface area contributed by atoms with Gasteiger partial charge in [-0.1, -0.05) is 29.8 Å². The van der Waals surface area contributed by atoms with Crippen molar-refractivity contribution in [2.24, 2.45) is 5.92 Å². The average molecular weight is 380 g/mol. The molecule has 118 valence electrons. The standard InChI is InChI=1S/C13H18BrNO5S/c1-8(2)4-12(13(16)17)15-21(18,19)11-6-9(14)5-10(7-11)20-3/h5-8,12,15H,4H2,1-3H3,(H,16,17)/t12-/m0/s1. The molecule has 1 rings (SSSR count). The molecule has 0 fully saturated rings. The van der Waals surface area contributed by atoms with E-state index in [1.807, 2.05) is 13.8 Å². The van der Waals surface area contributed by atoms with Gasteiger partial charge in [0.1, 0.15) is 11.8 Å². The lowest BCUT2D eigenvalue weighted by Gasteiger charge is -2.17. The smallest absolute Gasteiger partial charge is 0.321 e. The van der Waals surface area contributed by atoms with Crippen molar-refractivity contribution in [2.75, 3.05) is 7.11 Å². The molecule has 6 nitrogen and oxygen atoms in total. The second-order valence-corrected chi connectivity index (χ2v) is 7.60.